The molecule has 1 heterocycles. The summed E-state index contributed by atoms with van der Waals surface area (Å²) >= 11 is 6.08. The molecule has 0 radical (unpaired) electrons. The Morgan fingerprint density at radius 1 is 1.12 bits per heavy atom. The van der Waals surface area contributed by atoms with E-state index in [1.165, 1.54) is 25.3 Å². The second kappa shape index (κ2) is 8.92. The fourth-order valence-electron chi connectivity index (χ4n) is 2.10. The first-order chi connectivity index (χ1) is 12.5. The molecule has 0 unspecified atom stereocenters. The maximum absolute atomic E-state index is 12.7. The highest BCUT2D eigenvalue weighted by Gasteiger charge is 2.22. The number of benzene rings is 1. The predicted molar refractivity (Wildman–Crippen MR) is 96.0 cm³/mol. The lowest BCUT2D eigenvalue weighted by molar-refractivity contribution is -0.137. The van der Waals surface area contributed by atoms with Gasteiger partial charge in [0.05, 0.1) is 13.7 Å². The Bertz CT molecular complexity index is 861. The van der Waals surface area contributed by atoms with Crippen LogP contribution in [0.5, 0.6) is 0 Å². The molecule has 0 aliphatic heterocycles. The van der Waals surface area contributed by atoms with Crippen molar-refractivity contribution in [3.05, 3.63) is 70.0 Å². The van der Waals surface area contributed by atoms with Gasteiger partial charge in [0.2, 0.25) is 0 Å². The standard InChI is InChI=1S/C19H16ClNO5/c1-3-26-18(23)14(16(22)12-7-5-4-6-8-12)11-13-9-10-15(19(24)25-2)21-17(13)20/h4-11H,3H2,1-2H3/b14-11-. The number of aromatic nitrogens is 1. The minimum Gasteiger partial charge on any atom is -0.464 e. The van der Waals surface area contributed by atoms with Crippen LogP contribution >= 0.6 is 11.6 Å². The Hall–Kier alpha value is -2.99. The highest BCUT2D eigenvalue weighted by molar-refractivity contribution is 6.32. The number of nitrogens with zero attached hydrogens (tertiary/aromatic N) is 1. The molecule has 0 N–H and O–H groups in total. The summed E-state index contributed by atoms with van der Waals surface area (Å²) in [5.41, 5.74) is 0.461. The van der Waals surface area contributed by atoms with Crippen LogP contribution in [0.25, 0.3) is 6.08 Å². The van der Waals surface area contributed by atoms with Gasteiger partial charge in [-0.3, -0.25) is 4.79 Å². The normalized spacial score (nSPS) is 11.0. The molecule has 134 valence electrons. The second-order valence-electron chi connectivity index (χ2n) is 5.04. The van der Waals surface area contributed by atoms with Gasteiger partial charge in [-0.1, -0.05) is 41.9 Å². The Labute approximate surface area is 155 Å². The number of ether oxygens (including phenoxy) is 2. The summed E-state index contributed by atoms with van der Waals surface area (Å²) in [4.78, 5) is 40.4. The van der Waals surface area contributed by atoms with Gasteiger partial charge in [-0.15, -0.1) is 0 Å². The van der Waals surface area contributed by atoms with Crippen LogP contribution in [0.1, 0.15) is 33.3 Å². The van der Waals surface area contributed by atoms with Crippen molar-refractivity contribution in [2.75, 3.05) is 13.7 Å². The first-order valence-corrected chi connectivity index (χ1v) is 8.09. The van der Waals surface area contributed by atoms with E-state index in [4.69, 9.17) is 16.3 Å². The van der Waals surface area contributed by atoms with Crippen LogP contribution < -0.4 is 0 Å². The molecule has 0 bridgehead atoms. The number of halogens is 1. The number of hydrogen-bond donors (Lipinski definition) is 0. The quantitative estimate of drug-likeness (QED) is 0.193. The van der Waals surface area contributed by atoms with Crippen molar-refractivity contribution in [3.8, 4) is 0 Å². The van der Waals surface area contributed by atoms with E-state index in [9.17, 15) is 14.4 Å². The number of carbonyl (C=O) groups is 3. The molecule has 0 saturated heterocycles. The van der Waals surface area contributed by atoms with E-state index < -0.39 is 17.7 Å². The molecule has 2 aromatic rings. The molecule has 0 atom stereocenters. The van der Waals surface area contributed by atoms with Crippen molar-refractivity contribution >= 4 is 35.4 Å². The van der Waals surface area contributed by atoms with Gasteiger partial charge in [0.25, 0.3) is 0 Å². The minimum atomic E-state index is -0.769. The van der Waals surface area contributed by atoms with Crippen LogP contribution in [0, 0.1) is 0 Å². The zero-order valence-electron chi connectivity index (χ0n) is 14.2. The van der Waals surface area contributed by atoms with Gasteiger partial charge in [0, 0.05) is 11.1 Å². The summed E-state index contributed by atoms with van der Waals surface area (Å²) in [6.07, 6.45) is 1.30. The SMILES string of the molecule is CCOC(=O)/C(=C\c1ccc(C(=O)OC)nc1Cl)C(=O)c1ccccc1. The number of rotatable bonds is 6. The van der Waals surface area contributed by atoms with Gasteiger partial charge in [0.1, 0.15) is 16.4 Å². The number of ketones is 1. The molecule has 0 spiro atoms. The molecule has 0 saturated carbocycles. The molecule has 26 heavy (non-hydrogen) atoms. The van der Waals surface area contributed by atoms with Gasteiger partial charge < -0.3 is 9.47 Å². The number of esters is 2. The fourth-order valence-corrected chi connectivity index (χ4v) is 2.31. The molecule has 2 rings (SSSR count). The van der Waals surface area contributed by atoms with Crippen molar-refractivity contribution in [1.82, 2.24) is 4.98 Å². The molecule has 0 amide bonds. The van der Waals surface area contributed by atoms with E-state index >= 15 is 0 Å². The number of methoxy groups -OCH3 is 1. The third-order valence-corrected chi connectivity index (χ3v) is 3.65. The zero-order chi connectivity index (χ0) is 19.1. The highest BCUT2D eigenvalue weighted by Crippen LogP contribution is 2.20. The van der Waals surface area contributed by atoms with E-state index in [-0.39, 0.29) is 23.0 Å². The second-order valence-corrected chi connectivity index (χ2v) is 5.40. The number of carbonyl (C=O) groups excluding carboxylic acids is 3. The van der Waals surface area contributed by atoms with Crippen LogP contribution in [0.15, 0.2) is 48.0 Å². The highest BCUT2D eigenvalue weighted by atomic mass is 35.5. The first kappa shape index (κ1) is 19.3. The number of hydrogen-bond acceptors (Lipinski definition) is 6. The van der Waals surface area contributed by atoms with E-state index in [0.29, 0.717) is 11.1 Å². The zero-order valence-corrected chi connectivity index (χ0v) is 14.9. The van der Waals surface area contributed by atoms with Crippen LogP contribution in [0.4, 0.5) is 0 Å². The average Bonchev–Trinajstić information content (AvgIpc) is 2.66. The molecule has 0 fully saturated rings. The Balaban J connectivity index is 2.47. The van der Waals surface area contributed by atoms with E-state index in [1.54, 1.807) is 37.3 Å². The van der Waals surface area contributed by atoms with Crippen molar-refractivity contribution in [1.29, 1.82) is 0 Å². The Kier molecular flexibility index (Phi) is 6.63. The van der Waals surface area contributed by atoms with Crippen LogP contribution in [-0.2, 0) is 14.3 Å². The maximum Gasteiger partial charge on any atom is 0.356 e. The molecule has 1 aromatic heterocycles. The fraction of sp³-hybridized carbons (Fsp3) is 0.158. The summed E-state index contributed by atoms with van der Waals surface area (Å²) < 4.78 is 9.55. The van der Waals surface area contributed by atoms with Gasteiger partial charge in [-0.2, -0.15) is 0 Å². The molecule has 7 heteroatoms. The molecular formula is C19H16ClNO5. The average molecular weight is 374 g/mol. The lowest BCUT2D eigenvalue weighted by Gasteiger charge is -2.08. The summed E-state index contributed by atoms with van der Waals surface area (Å²) in [5, 5.41) is -0.0458. The summed E-state index contributed by atoms with van der Waals surface area (Å²) in [5.74, 6) is -1.92. The lowest BCUT2D eigenvalue weighted by Crippen LogP contribution is -2.16. The van der Waals surface area contributed by atoms with Gasteiger partial charge in [0.15, 0.2) is 5.78 Å². The van der Waals surface area contributed by atoms with E-state index in [2.05, 4.69) is 9.72 Å². The topological polar surface area (TPSA) is 82.6 Å². The minimum absolute atomic E-state index is 0.0155. The van der Waals surface area contributed by atoms with Crippen LogP contribution in [0.3, 0.4) is 0 Å². The smallest absolute Gasteiger partial charge is 0.356 e. The molecule has 6 nitrogen and oxygen atoms in total. The van der Waals surface area contributed by atoms with Crippen molar-refractivity contribution in [2.24, 2.45) is 0 Å². The third-order valence-electron chi connectivity index (χ3n) is 3.35. The maximum atomic E-state index is 12.7. The van der Waals surface area contributed by atoms with Crippen LogP contribution in [0.2, 0.25) is 5.15 Å². The lowest BCUT2D eigenvalue weighted by atomic mass is 10.0. The van der Waals surface area contributed by atoms with E-state index in [0.717, 1.165) is 0 Å². The van der Waals surface area contributed by atoms with Gasteiger partial charge in [-0.25, -0.2) is 14.6 Å². The van der Waals surface area contributed by atoms with Crippen molar-refractivity contribution < 1.29 is 23.9 Å². The monoisotopic (exact) mass is 373 g/mol. The Morgan fingerprint density at radius 3 is 2.38 bits per heavy atom. The van der Waals surface area contributed by atoms with Crippen LogP contribution in [-0.4, -0.2) is 36.4 Å². The summed E-state index contributed by atoms with van der Waals surface area (Å²) in [6, 6.07) is 11.2. The summed E-state index contributed by atoms with van der Waals surface area (Å²) in [7, 11) is 1.23. The number of pyridine rings is 1. The summed E-state index contributed by atoms with van der Waals surface area (Å²) in [6.45, 7) is 1.76. The molecular weight excluding hydrogens is 358 g/mol. The Morgan fingerprint density at radius 2 is 1.81 bits per heavy atom. The van der Waals surface area contributed by atoms with E-state index in [1.807, 2.05) is 0 Å². The predicted octanol–water partition coefficient (Wildman–Crippen LogP) is 3.35. The van der Waals surface area contributed by atoms with Crippen molar-refractivity contribution in [3.63, 3.8) is 0 Å². The third kappa shape index (κ3) is 4.55. The van der Waals surface area contributed by atoms with Gasteiger partial charge >= 0.3 is 11.9 Å². The van der Waals surface area contributed by atoms with Gasteiger partial charge in [-0.05, 0) is 25.1 Å². The molecule has 0 aliphatic carbocycles. The molecule has 0 aliphatic rings. The largest absolute Gasteiger partial charge is 0.464 e. The molecule has 1 aromatic carbocycles. The number of Topliss-reactive ketones (excluding diaryl/α,β-unsaturated/α-hetero) is 1. The first-order valence-electron chi connectivity index (χ1n) is 7.71. The van der Waals surface area contributed by atoms with Crippen molar-refractivity contribution in [2.45, 2.75) is 6.92 Å².